The van der Waals surface area contributed by atoms with Crippen molar-refractivity contribution in [1.29, 1.82) is 0 Å². The van der Waals surface area contributed by atoms with E-state index >= 15 is 0 Å². The highest BCUT2D eigenvalue weighted by Crippen LogP contribution is 2.43. The van der Waals surface area contributed by atoms with Gasteiger partial charge in [-0.05, 0) is 36.8 Å². The number of nitrogens with zero attached hydrogens (tertiary/aromatic N) is 2. The van der Waals surface area contributed by atoms with E-state index in [1.54, 1.807) is 29.2 Å². The van der Waals surface area contributed by atoms with Crippen molar-refractivity contribution in [3.63, 3.8) is 0 Å². The van der Waals surface area contributed by atoms with Crippen LogP contribution in [0.5, 0.6) is 0 Å². The maximum Gasteiger partial charge on any atom is 0.189 e. The van der Waals surface area contributed by atoms with Crippen LogP contribution in [0.25, 0.3) is 10.2 Å². The van der Waals surface area contributed by atoms with Crippen molar-refractivity contribution in [2.75, 3.05) is 6.26 Å². The first-order valence-electron chi connectivity index (χ1n) is 8.89. The Morgan fingerprint density at radius 2 is 2.11 bits per heavy atom. The zero-order valence-electron chi connectivity index (χ0n) is 15.5. The van der Waals surface area contributed by atoms with Gasteiger partial charge >= 0.3 is 0 Å². The lowest BCUT2D eigenvalue weighted by molar-refractivity contribution is -0.0543. The molecule has 0 radical (unpaired) electrons. The smallest absolute Gasteiger partial charge is 0.189 e. The van der Waals surface area contributed by atoms with Gasteiger partial charge in [0, 0.05) is 22.4 Å². The molecule has 7 heteroatoms. The molecule has 0 N–H and O–H groups in total. The van der Waals surface area contributed by atoms with Crippen molar-refractivity contribution in [2.45, 2.75) is 54.8 Å². The molecule has 4 rings (SSSR count). The van der Waals surface area contributed by atoms with Crippen LogP contribution < -0.4 is 0 Å². The van der Waals surface area contributed by atoms with Crippen molar-refractivity contribution in [3.05, 3.63) is 46.1 Å². The summed E-state index contributed by atoms with van der Waals surface area (Å²) in [5.74, 6) is 0.387. The first-order valence-corrected chi connectivity index (χ1v) is 11.9. The van der Waals surface area contributed by atoms with Crippen LogP contribution in [0.15, 0.2) is 34.4 Å². The number of hydrogen-bond acceptors (Lipinski definition) is 6. The number of aromatic nitrogens is 2. The maximum absolute atomic E-state index is 14.0. The van der Waals surface area contributed by atoms with Crippen LogP contribution >= 0.6 is 34.9 Å². The van der Waals surface area contributed by atoms with E-state index in [1.807, 2.05) is 18.4 Å². The van der Waals surface area contributed by atoms with Crippen LogP contribution in [-0.4, -0.2) is 21.8 Å². The molecule has 27 heavy (non-hydrogen) atoms. The second-order valence-corrected chi connectivity index (χ2v) is 9.67. The number of fused-ring (bicyclic) bond motifs is 3. The zero-order chi connectivity index (χ0) is 19.0. The first-order chi connectivity index (χ1) is 13.0. The number of benzene rings is 1. The Hall–Kier alpha value is -1.15. The molecule has 0 amide bonds. The van der Waals surface area contributed by atoms with E-state index in [0.717, 1.165) is 33.2 Å². The molecule has 0 saturated carbocycles. The van der Waals surface area contributed by atoms with E-state index in [1.165, 1.54) is 28.3 Å². The molecule has 1 unspecified atom stereocenters. The number of thioether (sulfide) groups is 2. The van der Waals surface area contributed by atoms with Crippen LogP contribution in [0.3, 0.4) is 0 Å². The molecular weight excluding hydrogens is 399 g/mol. The van der Waals surface area contributed by atoms with Crippen LogP contribution in [0.2, 0.25) is 0 Å². The molecular formula is C20H21FN2OS3. The molecule has 0 spiro atoms. The third-order valence-corrected chi connectivity index (χ3v) is 7.71. The fraction of sp³-hybridized carbons (Fsp3) is 0.400. The normalized spacial score (nSPS) is 19.4. The number of thiophene rings is 1. The van der Waals surface area contributed by atoms with Crippen LogP contribution in [0, 0.1) is 5.82 Å². The van der Waals surface area contributed by atoms with Gasteiger partial charge in [0.05, 0.1) is 12.2 Å². The van der Waals surface area contributed by atoms with Gasteiger partial charge in [-0.3, -0.25) is 0 Å². The van der Waals surface area contributed by atoms with Gasteiger partial charge in [-0.1, -0.05) is 36.9 Å². The Kier molecular flexibility index (Phi) is 5.47. The van der Waals surface area contributed by atoms with Gasteiger partial charge in [0.25, 0.3) is 0 Å². The molecule has 0 fully saturated rings. The second-order valence-electron chi connectivity index (χ2n) is 6.85. The lowest BCUT2D eigenvalue weighted by Crippen LogP contribution is -2.33. The lowest BCUT2D eigenvalue weighted by atomic mass is 9.90. The van der Waals surface area contributed by atoms with Crippen molar-refractivity contribution in [2.24, 2.45) is 0 Å². The largest absolute Gasteiger partial charge is 0.369 e. The molecule has 0 saturated heterocycles. The number of hydrogen-bond donors (Lipinski definition) is 0. The number of halogens is 1. The molecule has 3 nitrogen and oxygen atoms in total. The van der Waals surface area contributed by atoms with E-state index in [0.29, 0.717) is 17.9 Å². The van der Waals surface area contributed by atoms with E-state index in [9.17, 15) is 4.39 Å². The topological polar surface area (TPSA) is 35.0 Å². The molecule has 1 aliphatic rings. The van der Waals surface area contributed by atoms with Crippen molar-refractivity contribution in [3.8, 4) is 0 Å². The van der Waals surface area contributed by atoms with Gasteiger partial charge < -0.3 is 4.74 Å². The molecule has 0 aliphatic carbocycles. The van der Waals surface area contributed by atoms with Gasteiger partial charge in [0.2, 0.25) is 0 Å². The predicted octanol–water partition coefficient (Wildman–Crippen LogP) is 6.09. The van der Waals surface area contributed by atoms with Gasteiger partial charge in [-0.25, -0.2) is 14.4 Å². The van der Waals surface area contributed by atoms with E-state index < -0.39 is 0 Å². The summed E-state index contributed by atoms with van der Waals surface area (Å²) >= 11 is 4.83. The van der Waals surface area contributed by atoms with E-state index in [2.05, 4.69) is 13.8 Å². The van der Waals surface area contributed by atoms with Crippen molar-refractivity contribution >= 4 is 45.1 Å². The van der Waals surface area contributed by atoms with Gasteiger partial charge in [-0.2, -0.15) is 0 Å². The summed E-state index contributed by atoms with van der Waals surface area (Å²) in [4.78, 5) is 11.8. The standard InChI is InChI=1S/C20H21FN2OS3/c1-4-20(2)9-13-15(10-24-20)27-18-16(13)17(22-19(23-18)25-3)26-11-12-7-5-6-8-14(12)21/h5-8H,4,9-11H2,1-3H3. The number of ether oxygens (including phenoxy) is 1. The highest BCUT2D eigenvalue weighted by Gasteiger charge is 2.33. The molecule has 0 bridgehead atoms. The Balaban J connectivity index is 1.76. The fourth-order valence-electron chi connectivity index (χ4n) is 3.20. The first kappa shape index (κ1) is 19.2. The van der Waals surface area contributed by atoms with Crippen LogP contribution in [0.1, 0.15) is 36.3 Å². The second kappa shape index (κ2) is 7.70. The summed E-state index contributed by atoms with van der Waals surface area (Å²) in [6, 6.07) is 6.94. The summed E-state index contributed by atoms with van der Waals surface area (Å²) in [5.41, 5.74) is 1.87. The number of rotatable bonds is 5. The minimum Gasteiger partial charge on any atom is -0.369 e. The third kappa shape index (κ3) is 3.75. The van der Waals surface area contributed by atoms with E-state index in [4.69, 9.17) is 14.7 Å². The molecule has 2 aromatic heterocycles. The highest BCUT2D eigenvalue weighted by atomic mass is 32.2. The minimum absolute atomic E-state index is 0.146. The van der Waals surface area contributed by atoms with Crippen LogP contribution in [0.4, 0.5) is 4.39 Å². The van der Waals surface area contributed by atoms with Crippen molar-refractivity contribution in [1.82, 2.24) is 9.97 Å². The molecule has 3 aromatic rings. The minimum atomic E-state index is -0.167. The monoisotopic (exact) mass is 420 g/mol. The summed E-state index contributed by atoms with van der Waals surface area (Å²) < 4.78 is 20.2. The predicted molar refractivity (Wildman–Crippen MR) is 112 cm³/mol. The van der Waals surface area contributed by atoms with Crippen LogP contribution in [-0.2, 0) is 23.5 Å². The zero-order valence-corrected chi connectivity index (χ0v) is 18.0. The summed E-state index contributed by atoms with van der Waals surface area (Å²) in [6.07, 6.45) is 3.82. The average molecular weight is 421 g/mol. The van der Waals surface area contributed by atoms with Gasteiger partial charge in [0.15, 0.2) is 5.16 Å². The molecule has 1 aliphatic heterocycles. The Morgan fingerprint density at radius 1 is 1.30 bits per heavy atom. The maximum atomic E-state index is 14.0. The van der Waals surface area contributed by atoms with E-state index in [-0.39, 0.29) is 11.4 Å². The van der Waals surface area contributed by atoms with Gasteiger partial charge in [-0.15, -0.1) is 23.1 Å². The van der Waals surface area contributed by atoms with Gasteiger partial charge in [0.1, 0.15) is 15.7 Å². The average Bonchev–Trinajstić information content (AvgIpc) is 3.04. The molecule has 1 aromatic carbocycles. The van der Waals surface area contributed by atoms with Crippen molar-refractivity contribution < 1.29 is 9.13 Å². The Labute approximate surface area is 171 Å². The Bertz CT molecular complexity index is 991. The summed E-state index contributed by atoms with van der Waals surface area (Å²) in [7, 11) is 0. The molecule has 1 atom stereocenters. The summed E-state index contributed by atoms with van der Waals surface area (Å²) in [6.45, 7) is 4.96. The SMILES string of the molecule is CCC1(C)Cc2c(sc3nc(SC)nc(SCc4ccccc4F)c23)CO1. The Morgan fingerprint density at radius 3 is 2.85 bits per heavy atom. The fourth-order valence-corrected chi connectivity index (χ4v) is 5.89. The molecule has 3 heterocycles. The lowest BCUT2D eigenvalue weighted by Gasteiger charge is -2.33. The quantitative estimate of drug-likeness (QED) is 0.284. The summed E-state index contributed by atoms with van der Waals surface area (Å²) in [5, 5.41) is 2.85. The molecule has 142 valence electrons. The third-order valence-electron chi connectivity index (χ3n) is 5.04. The highest BCUT2D eigenvalue weighted by molar-refractivity contribution is 7.99.